The van der Waals surface area contributed by atoms with Crippen LogP contribution in [0.5, 0.6) is 0 Å². The molecule has 13 heavy (non-hydrogen) atoms. The zero-order chi connectivity index (χ0) is 9.47. The van der Waals surface area contributed by atoms with Crippen LogP contribution in [-0.2, 0) is 5.54 Å². The largest absolute Gasteiger partial charge is 0.478 e. The normalized spacial score (nSPS) is 18.5. The molecule has 70 valence electrons. The topological polar surface area (TPSA) is 62.5 Å². The maximum atomic E-state index is 10.6. The summed E-state index contributed by atoms with van der Waals surface area (Å²) in [6.45, 7) is 0.0841. The van der Waals surface area contributed by atoms with E-state index in [-0.39, 0.29) is 17.7 Å². The highest BCUT2D eigenvalue weighted by molar-refractivity contribution is 5.87. The minimum Gasteiger partial charge on any atom is -0.478 e. The van der Waals surface area contributed by atoms with Crippen LogP contribution in [-0.4, -0.2) is 27.4 Å². The van der Waals surface area contributed by atoms with E-state index in [1.807, 2.05) is 0 Å². The fraction of sp³-hybridized carbons (Fsp3) is 0.444. The molecule has 4 heteroatoms. The van der Waals surface area contributed by atoms with Gasteiger partial charge in [0, 0.05) is 12.4 Å². The molecule has 2 N–H and O–H groups in total. The zero-order valence-electron chi connectivity index (χ0n) is 7.10. The van der Waals surface area contributed by atoms with E-state index in [1.54, 1.807) is 23.0 Å². The second kappa shape index (κ2) is 2.60. The first-order valence-corrected chi connectivity index (χ1v) is 4.21. The van der Waals surface area contributed by atoms with Crippen LogP contribution in [0.4, 0.5) is 0 Å². The lowest BCUT2D eigenvalue weighted by molar-refractivity contribution is 0.0696. The number of aliphatic hydroxyl groups excluding tert-OH is 1. The van der Waals surface area contributed by atoms with Crippen molar-refractivity contribution in [2.75, 3.05) is 6.61 Å². The molecule has 1 aliphatic carbocycles. The molecule has 0 spiro atoms. The molecule has 0 saturated heterocycles. The summed E-state index contributed by atoms with van der Waals surface area (Å²) in [6, 6.07) is 1.55. The lowest BCUT2D eigenvalue weighted by Crippen LogP contribution is -2.19. The van der Waals surface area contributed by atoms with E-state index in [0.29, 0.717) is 0 Å². The monoisotopic (exact) mass is 181 g/mol. The second-order valence-electron chi connectivity index (χ2n) is 3.50. The molecule has 0 bridgehead atoms. The average molecular weight is 181 g/mol. The molecule has 1 saturated carbocycles. The van der Waals surface area contributed by atoms with E-state index in [0.717, 1.165) is 12.8 Å². The van der Waals surface area contributed by atoms with Crippen LogP contribution in [0, 0.1) is 0 Å². The van der Waals surface area contributed by atoms with Crippen molar-refractivity contribution >= 4 is 5.97 Å². The Morgan fingerprint density at radius 3 is 2.69 bits per heavy atom. The van der Waals surface area contributed by atoms with E-state index in [2.05, 4.69) is 0 Å². The third-order valence-corrected chi connectivity index (χ3v) is 2.61. The Morgan fingerprint density at radius 1 is 1.62 bits per heavy atom. The quantitative estimate of drug-likeness (QED) is 0.720. The van der Waals surface area contributed by atoms with Gasteiger partial charge in [-0.3, -0.25) is 0 Å². The first kappa shape index (κ1) is 8.31. The van der Waals surface area contributed by atoms with Crippen LogP contribution >= 0.6 is 0 Å². The van der Waals surface area contributed by atoms with Crippen LogP contribution < -0.4 is 0 Å². The number of aromatic carboxylic acids is 1. The Morgan fingerprint density at radius 2 is 2.31 bits per heavy atom. The third kappa shape index (κ3) is 1.23. The maximum Gasteiger partial charge on any atom is 0.337 e. The highest BCUT2D eigenvalue weighted by Gasteiger charge is 2.43. The van der Waals surface area contributed by atoms with E-state index >= 15 is 0 Å². The van der Waals surface area contributed by atoms with Gasteiger partial charge in [-0.15, -0.1) is 0 Å². The predicted octanol–water partition coefficient (Wildman–Crippen LogP) is 0.668. The lowest BCUT2D eigenvalue weighted by Gasteiger charge is -2.13. The number of carbonyl (C=O) groups is 1. The molecule has 4 nitrogen and oxygen atoms in total. The number of hydrogen-bond donors (Lipinski definition) is 2. The van der Waals surface area contributed by atoms with E-state index in [4.69, 9.17) is 10.2 Å². The standard InChI is InChI=1S/C9H11NO3/c11-6-9(2-3-9)10-4-1-7(5-10)8(12)13/h1,4-5,11H,2-3,6H2,(H,12,13). The van der Waals surface area contributed by atoms with E-state index < -0.39 is 5.97 Å². The van der Waals surface area contributed by atoms with Crippen molar-refractivity contribution in [2.24, 2.45) is 0 Å². The van der Waals surface area contributed by atoms with E-state index in [9.17, 15) is 4.79 Å². The molecule has 2 rings (SSSR count). The highest BCUT2D eigenvalue weighted by Crippen LogP contribution is 2.43. The molecule has 0 aromatic carbocycles. The SMILES string of the molecule is O=C(O)c1ccn(C2(CO)CC2)c1. The van der Waals surface area contributed by atoms with Crippen LogP contribution in [0.1, 0.15) is 23.2 Å². The molecule has 0 atom stereocenters. The van der Waals surface area contributed by atoms with Crippen molar-refractivity contribution in [1.29, 1.82) is 0 Å². The van der Waals surface area contributed by atoms with Crippen LogP contribution in [0.25, 0.3) is 0 Å². The smallest absolute Gasteiger partial charge is 0.337 e. The molecule has 0 radical (unpaired) electrons. The van der Waals surface area contributed by atoms with Crippen LogP contribution in [0.2, 0.25) is 0 Å². The van der Waals surface area contributed by atoms with Gasteiger partial charge in [-0.1, -0.05) is 0 Å². The fourth-order valence-corrected chi connectivity index (χ4v) is 1.46. The van der Waals surface area contributed by atoms with E-state index in [1.165, 1.54) is 0 Å². The number of rotatable bonds is 3. The van der Waals surface area contributed by atoms with Crippen molar-refractivity contribution in [2.45, 2.75) is 18.4 Å². The number of carboxylic acids is 1. The molecule has 1 aromatic rings. The van der Waals surface area contributed by atoms with Gasteiger partial charge in [-0.05, 0) is 18.9 Å². The van der Waals surface area contributed by atoms with Crippen LogP contribution in [0.3, 0.4) is 0 Å². The molecule has 0 amide bonds. The summed E-state index contributed by atoms with van der Waals surface area (Å²) in [7, 11) is 0. The highest BCUT2D eigenvalue weighted by atomic mass is 16.4. The molecule has 1 heterocycles. The molecule has 0 unspecified atom stereocenters. The van der Waals surface area contributed by atoms with Gasteiger partial charge < -0.3 is 14.8 Å². The third-order valence-electron chi connectivity index (χ3n) is 2.61. The lowest BCUT2D eigenvalue weighted by atomic mass is 10.3. The van der Waals surface area contributed by atoms with Crippen molar-refractivity contribution < 1.29 is 15.0 Å². The Hall–Kier alpha value is -1.29. The second-order valence-corrected chi connectivity index (χ2v) is 3.50. The molecule has 0 aliphatic heterocycles. The number of carboxylic acid groups (broad SMARTS) is 1. The number of hydrogen-bond acceptors (Lipinski definition) is 2. The Bertz CT molecular complexity index is 338. The number of aromatic nitrogens is 1. The van der Waals surface area contributed by atoms with Gasteiger partial charge in [0.2, 0.25) is 0 Å². The van der Waals surface area contributed by atoms with Crippen molar-refractivity contribution in [3.05, 3.63) is 24.0 Å². The molecular formula is C9H11NO3. The maximum absolute atomic E-state index is 10.6. The predicted molar refractivity (Wildman–Crippen MR) is 45.7 cm³/mol. The average Bonchev–Trinajstić information content (AvgIpc) is 2.75. The minimum absolute atomic E-state index is 0.0841. The summed E-state index contributed by atoms with van der Waals surface area (Å²) in [5.74, 6) is -0.924. The van der Waals surface area contributed by atoms with Gasteiger partial charge in [0.05, 0.1) is 17.7 Å². The molecule has 1 fully saturated rings. The van der Waals surface area contributed by atoms with Gasteiger partial charge in [-0.25, -0.2) is 4.79 Å². The number of aliphatic hydroxyl groups is 1. The van der Waals surface area contributed by atoms with Gasteiger partial charge in [0.25, 0.3) is 0 Å². The fourth-order valence-electron chi connectivity index (χ4n) is 1.46. The summed E-state index contributed by atoms with van der Waals surface area (Å²) < 4.78 is 1.80. The summed E-state index contributed by atoms with van der Waals surface area (Å²) in [5, 5.41) is 17.8. The van der Waals surface area contributed by atoms with Crippen molar-refractivity contribution in [1.82, 2.24) is 4.57 Å². The summed E-state index contributed by atoms with van der Waals surface area (Å²) in [4.78, 5) is 10.6. The van der Waals surface area contributed by atoms with Gasteiger partial charge in [0.15, 0.2) is 0 Å². The van der Waals surface area contributed by atoms with Crippen molar-refractivity contribution in [3.8, 4) is 0 Å². The number of nitrogens with zero attached hydrogens (tertiary/aromatic N) is 1. The summed E-state index contributed by atoms with van der Waals surface area (Å²) in [6.07, 6.45) is 5.15. The molecule has 1 aliphatic rings. The molecule has 1 aromatic heterocycles. The zero-order valence-corrected chi connectivity index (χ0v) is 7.10. The summed E-state index contributed by atoms with van der Waals surface area (Å²) in [5.41, 5.74) is 0.0768. The Balaban J connectivity index is 2.28. The molecular weight excluding hydrogens is 170 g/mol. The Labute approximate surface area is 75.4 Å². The minimum atomic E-state index is -0.924. The van der Waals surface area contributed by atoms with Crippen molar-refractivity contribution in [3.63, 3.8) is 0 Å². The van der Waals surface area contributed by atoms with Gasteiger partial charge in [-0.2, -0.15) is 0 Å². The van der Waals surface area contributed by atoms with Gasteiger partial charge >= 0.3 is 5.97 Å². The summed E-state index contributed by atoms with van der Waals surface area (Å²) >= 11 is 0. The van der Waals surface area contributed by atoms with Gasteiger partial charge in [0.1, 0.15) is 0 Å². The Kier molecular flexibility index (Phi) is 1.66. The first-order chi connectivity index (χ1) is 6.18. The van der Waals surface area contributed by atoms with Crippen LogP contribution in [0.15, 0.2) is 18.5 Å². The first-order valence-electron chi connectivity index (χ1n) is 4.21.